The molecule has 1 aliphatic carbocycles. The number of aryl methyl sites for hydroxylation is 1. The number of nitrogens with one attached hydrogen (secondary N) is 1. The monoisotopic (exact) mass is 207 g/mol. The highest BCUT2D eigenvalue weighted by Crippen LogP contribution is 2.44. The molecule has 0 atom stereocenters. The van der Waals surface area contributed by atoms with E-state index in [1.165, 1.54) is 0 Å². The number of aliphatic hydroxyl groups excluding tert-OH is 1. The van der Waals surface area contributed by atoms with Crippen molar-refractivity contribution in [2.75, 3.05) is 24.2 Å². The summed E-state index contributed by atoms with van der Waals surface area (Å²) in [5, 5.41) is 12.4. The lowest BCUT2D eigenvalue weighted by atomic mass is 10.1. The molecule has 0 aromatic carbocycles. The van der Waals surface area contributed by atoms with Crippen LogP contribution in [-0.2, 0) is 0 Å². The molecule has 2 rings (SSSR count). The van der Waals surface area contributed by atoms with E-state index in [-0.39, 0.29) is 12.0 Å². The number of nitrogens with zero attached hydrogens (tertiary/aromatic N) is 1. The Balaban J connectivity index is 1.96. The van der Waals surface area contributed by atoms with Crippen molar-refractivity contribution >= 4 is 11.5 Å². The molecular formula is C11H17N3O. The Morgan fingerprint density at radius 3 is 2.80 bits per heavy atom. The van der Waals surface area contributed by atoms with Crippen LogP contribution in [0.3, 0.4) is 0 Å². The summed E-state index contributed by atoms with van der Waals surface area (Å²) in [6, 6.07) is 3.72. The third-order valence-corrected chi connectivity index (χ3v) is 3.06. The number of anilines is 2. The van der Waals surface area contributed by atoms with Gasteiger partial charge < -0.3 is 16.2 Å². The molecule has 0 aliphatic heterocycles. The Morgan fingerprint density at radius 2 is 2.27 bits per heavy atom. The molecule has 0 radical (unpaired) electrons. The first-order chi connectivity index (χ1) is 7.15. The zero-order valence-electron chi connectivity index (χ0n) is 8.95. The smallest absolute Gasteiger partial charge is 0.126 e. The third kappa shape index (κ3) is 2.21. The van der Waals surface area contributed by atoms with Crippen LogP contribution in [0.25, 0.3) is 0 Å². The van der Waals surface area contributed by atoms with E-state index < -0.39 is 0 Å². The standard InChI is InChI=1S/C11H17N3O/c1-8-9(12)2-3-10(14-8)13-6-11(7-15)4-5-11/h2-3,15H,4-7,12H2,1H3,(H,13,14). The van der Waals surface area contributed by atoms with Gasteiger partial charge >= 0.3 is 0 Å². The van der Waals surface area contributed by atoms with Gasteiger partial charge in [0.05, 0.1) is 18.0 Å². The number of hydrogen-bond donors (Lipinski definition) is 3. The Morgan fingerprint density at radius 1 is 1.53 bits per heavy atom. The Labute approximate surface area is 89.5 Å². The van der Waals surface area contributed by atoms with Crippen molar-refractivity contribution < 1.29 is 5.11 Å². The van der Waals surface area contributed by atoms with Gasteiger partial charge in [-0.15, -0.1) is 0 Å². The third-order valence-electron chi connectivity index (χ3n) is 3.06. The van der Waals surface area contributed by atoms with Gasteiger partial charge in [0, 0.05) is 12.0 Å². The summed E-state index contributed by atoms with van der Waals surface area (Å²) in [6.45, 7) is 2.94. The van der Waals surface area contributed by atoms with Gasteiger partial charge in [-0.1, -0.05) is 0 Å². The van der Waals surface area contributed by atoms with E-state index in [0.29, 0.717) is 5.69 Å². The summed E-state index contributed by atoms with van der Waals surface area (Å²) >= 11 is 0. The van der Waals surface area contributed by atoms with E-state index in [9.17, 15) is 0 Å². The number of aliphatic hydroxyl groups is 1. The van der Waals surface area contributed by atoms with Crippen molar-refractivity contribution in [2.45, 2.75) is 19.8 Å². The molecule has 4 nitrogen and oxygen atoms in total. The second-order valence-corrected chi connectivity index (χ2v) is 4.38. The molecule has 0 amide bonds. The molecule has 1 aromatic rings. The summed E-state index contributed by atoms with van der Waals surface area (Å²) in [5.74, 6) is 0.835. The fourth-order valence-electron chi connectivity index (χ4n) is 1.52. The largest absolute Gasteiger partial charge is 0.397 e. The van der Waals surface area contributed by atoms with Crippen LogP contribution < -0.4 is 11.1 Å². The lowest BCUT2D eigenvalue weighted by Crippen LogP contribution is -2.19. The SMILES string of the molecule is Cc1nc(NCC2(CO)CC2)ccc1N. The molecule has 0 spiro atoms. The molecule has 0 saturated heterocycles. The van der Waals surface area contributed by atoms with Gasteiger partial charge in [-0.05, 0) is 31.9 Å². The minimum Gasteiger partial charge on any atom is -0.397 e. The van der Waals surface area contributed by atoms with Gasteiger partial charge in [0.25, 0.3) is 0 Å². The first kappa shape index (κ1) is 10.2. The predicted molar refractivity (Wildman–Crippen MR) is 60.6 cm³/mol. The van der Waals surface area contributed by atoms with E-state index in [0.717, 1.165) is 30.9 Å². The van der Waals surface area contributed by atoms with Gasteiger partial charge in [0.2, 0.25) is 0 Å². The maximum atomic E-state index is 9.15. The summed E-state index contributed by atoms with van der Waals surface area (Å²) in [5.41, 5.74) is 7.34. The van der Waals surface area contributed by atoms with Gasteiger partial charge in [0.15, 0.2) is 0 Å². The van der Waals surface area contributed by atoms with Crippen LogP contribution in [0.5, 0.6) is 0 Å². The average molecular weight is 207 g/mol. The molecule has 0 bridgehead atoms. The van der Waals surface area contributed by atoms with Crippen LogP contribution in [0.15, 0.2) is 12.1 Å². The molecule has 1 saturated carbocycles. The lowest BCUT2D eigenvalue weighted by Gasteiger charge is -2.13. The van der Waals surface area contributed by atoms with Crippen LogP contribution in [-0.4, -0.2) is 23.2 Å². The highest BCUT2D eigenvalue weighted by atomic mass is 16.3. The normalized spacial score (nSPS) is 17.5. The number of rotatable bonds is 4. The van der Waals surface area contributed by atoms with Gasteiger partial charge in [0.1, 0.15) is 5.82 Å². The van der Waals surface area contributed by atoms with E-state index in [4.69, 9.17) is 10.8 Å². The lowest BCUT2D eigenvalue weighted by molar-refractivity contribution is 0.219. The maximum absolute atomic E-state index is 9.15. The molecule has 0 unspecified atom stereocenters. The second kappa shape index (κ2) is 3.70. The predicted octanol–water partition coefficient (Wildman–Crippen LogP) is 1.16. The zero-order chi connectivity index (χ0) is 10.9. The number of pyridine rings is 1. The Kier molecular flexibility index (Phi) is 2.52. The van der Waals surface area contributed by atoms with Crippen LogP contribution >= 0.6 is 0 Å². The van der Waals surface area contributed by atoms with E-state index >= 15 is 0 Å². The van der Waals surface area contributed by atoms with Crippen LogP contribution in [0, 0.1) is 12.3 Å². The molecule has 4 N–H and O–H groups in total. The molecule has 82 valence electrons. The van der Waals surface area contributed by atoms with Crippen molar-refractivity contribution in [3.8, 4) is 0 Å². The van der Waals surface area contributed by atoms with Crippen molar-refractivity contribution in [3.05, 3.63) is 17.8 Å². The van der Waals surface area contributed by atoms with Crippen molar-refractivity contribution in [3.63, 3.8) is 0 Å². The number of nitrogens with two attached hydrogens (primary N) is 1. The van der Waals surface area contributed by atoms with Crippen LogP contribution in [0.4, 0.5) is 11.5 Å². The first-order valence-corrected chi connectivity index (χ1v) is 5.23. The number of nitrogen functional groups attached to an aromatic ring is 1. The minimum atomic E-state index is 0.108. The summed E-state index contributed by atoms with van der Waals surface area (Å²) in [7, 11) is 0. The number of aromatic nitrogens is 1. The summed E-state index contributed by atoms with van der Waals surface area (Å²) in [6.07, 6.45) is 2.20. The molecule has 1 aromatic heterocycles. The van der Waals surface area contributed by atoms with E-state index in [2.05, 4.69) is 10.3 Å². The minimum absolute atomic E-state index is 0.108. The molecule has 4 heteroatoms. The molecular weight excluding hydrogens is 190 g/mol. The summed E-state index contributed by atoms with van der Waals surface area (Å²) in [4.78, 5) is 4.32. The van der Waals surface area contributed by atoms with Gasteiger partial charge in [-0.2, -0.15) is 0 Å². The Bertz CT molecular complexity index is 361. The van der Waals surface area contributed by atoms with Crippen molar-refractivity contribution in [1.82, 2.24) is 4.98 Å². The summed E-state index contributed by atoms with van der Waals surface area (Å²) < 4.78 is 0. The van der Waals surface area contributed by atoms with E-state index in [1.807, 2.05) is 19.1 Å². The molecule has 1 heterocycles. The highest BCUT2D eigenvalue weighted by Gasteiger charge is 2.41. The molecule has 1 fully saturated rings. The van der Waals surface area contributed by atoms with Crippen molar-refractivity contribution in [2.24, 2.45) is 5.41 Å². The van der Waals surface area contributed by atoms with Crippen molar-refractivity contribution in [1.29, 1.82) is 0 Å². The van der Waals surface area contributed by atoms with Crippen LogP contribution in [0.2, 0.25) is 0 Å². The maximum Gasteiger partial charge on any atom is 0.126 e. The Hall–Kier alpha value is -1.29. The van der Waals surface area contributed by atoms with Crippen LogP contribution in [0.1, 0.15) is 18.5 Å². The van der Waals surface area contributed by atoms with Gasteiger partial charge in [-0.3, -0.25) is 0 Å². The first-order valence-electron chi connectivity index (χ1n) is 5.23. The second-order valence-electron chi connectivity index (χ2n) is 4.38. The quantitative estimate of drug-likeness (QED) is 0.692. The zero-order valence-corrected chi connectivity index (χ0v) is 8.95. The topological polar surface area (TPSA) is 71.2 Å². The average Bonchev–Trinajstić information content (AvgIpc) is 3.01. The molecule has 15 heavy (non-hydrogen) atoms. The number of hydrogen-bond acceptors (Lipinski definition) is 4. The molecule has 1 aliphatic rings. The fraction of sp³-hybridized carbons (Fsp3) is 0.545. The van der Waals surface area contributed by atoms with Gasteiger partial charge in [-0.25, -0.2) is 4.98 Å². The highest BCUT2D eigenvalue weighted by molar-refractivity contribution is 5.49. The van der Waals surface area contributed by atoms with E-state index in [1.54, 1.807) is 0 Å². The fourth-order valence-corrected chi connectivity index (χ4v) is 1.52.